The highest BCUT2D eigenvalue weighted by Crippen LogP contribution is 2.21. The third-order valence-corrected chi connectivity index (χ3v) is 2.72. The molecule has 1 fully saturated rings. The minimum absolute atomic E-state index is 0.214. The normalized spacial score (nSPS) is 28.2. The largest absolute Gasteiger partial charge is 0.465 e. The van der Waals surface area contributed by atoms with E-state index in [1.807, 2.05) is 0 Å². The summed E-state index contributed by atoms with van der Waals surface area (Å²) in [6.07, 6.45) is -1.47. The van der Waals surface area contributed by atoms with E-state index in [-0.39, 0.29) is 12.6 Å². The lowest BCUT2D eigenvalue weighted by atomic mass is 10.0. The summed E-state index contributed by atoms with van der Waals surface area (Å²) < 4.78 is 5.22. The molecule has 1 saturated heterocycles. The fourth-order valence-electron chi connectivity index (χ4n) is 1.76. The van der Waals surface area contributed by atoms with E-state index in [2.05, 4.69) is 10.0 Å². The smallest absolute Gasteiger partial charge is 0.407 e. The summed E-state index contributed by atoms with van der Waals surface area (Å²) in [6, 6.07) is -0.587. The summed E-state index contributed by atoms with van der Waals surface area (Å²) in [4.78, 5) is 14.6. The van der Waals surface area contributed by atoms with Gasteiger partial charge in [-0.05, 0) is 25.3 Å². The minimum Gasteiger partial charge on any atom is -0.465 e. The van der Waals surface area contributed by atoms with E-state index in [0.717, 1.165) is 0 Å². The third-order valence-electron chi connectivity index (χ3n) is 2.72. The molecule has 0 aliphatic carbocycles. The van der Waals surface area contributed by atoms with Crippen molar-refractivity contribution in [3.63, 3.8) is 0 Å². The zero-order valence-electron chi connectivity index (χ0n) is 9.56. The van der Waals surface area contributed by atoms with Gasteiger partial charge in [0.05, 0.1) is 18.7 Å². The molecule has 17 heavy (non-hydrogen) atoms. The van der Waals surface area contributed by atoms with Crippen LogP contribution in [-0.4, -0.2) is 52.7 Å². The number of amides is 1. The van der Waals surface area contributed by atoms with Gasteiger partial charge in [-0.15, -0.1) is 0 Å². The zero-order chi connectivity index (χ0) is 12.8. The Morgan fingerprint density at radius 3 is 2.82 bits per heavy atom. The lowest BCUT2D eigenvalue weighted by molar-refractivity contribution is -0.175. The lowest BCUT2D eigenvalue weighted by Crippen LogP contribution is -2.44. The molecule has 96 valence electrons. The first kappa shape index (κ1) is 13.6. The monoisotopic (exact) mass is 244 g/mol. The molecular formula is C9H16N4O4. The maximum atomic E-state index is 10.8. The Hall–Kier alpha value is -1.50. The maximum Gasteiger partial charge on any atom is 0.407 e. The predicted molar refractivity (Wildman–Crippen MR) is 58.3 cm³/mol. The molecule has 0 aromatic heterocycles. The van der Waals surface area contributed by atoms with E-state index in [4.69, 9.17) is 15.4 Å². The van der Waals surface area contributed by atoms with Crippen LogP contribution in [0.4, 0.5) is 4.79 Å². The van der Waals surface area contributed by atoms with Gasteiger partial charge in [0.25, 0.3) is 0 Å². The minimum atomic E-state index is -1.16. The van der Waals surface area contributed by atoms with Crippen molar-refractivity contribution >= 4 is 6.09 Å². The van der Waals surface area contributed by atoms with Gasteiger partial charge in [0, 0.05) is 11.5 Å². The van der Waals surface area contributed by atoms with Crippen LogP contribution in [0.15, 0.2) is 5.11 Å². The molecule has 0 saturated carbocycles. The fourth-order valence-corrected chi connectivity index (χ4v) is 1.76. The number of carbonyl (C=O) groups is 1. The molecule has 1 rings (SSSR count). The van der Waals surface area contributed by atoms with E-state index >= 15 is 0 Å². The van der Waals surface area contributed by atoms with Crippen molar-refractivity contribution in [2.75, 3.05) is 13.1 Å². The molecule has 1 heterocycles. The number of azide groups is 1. The van der Waals surface area contributed by atoms with Crippen LogP contribution in [0.2, 0.25) is 0 Å². The average molecular weight is 244 g/mol. The molecular weight excluding hydrogens is 228 g/mol. The van der Waals surface area contributed by atoms with Crippen LogP contribution in [-0.2, 0) is 4.74 Å². The Morgan fingerprint density at radius 2 is 2.35 bits per heavy atom. The molecule has 0 aromatic carbocycles. The average Bonchev–Trinajstić information content (AvgIpc) is 2.29. The molecule has 1 aliphatic rings. The second kappa shape index (κ2) is 6.29. The van der Waals surface area contributed by atoms with Gasteiger partial charge in [0.15, 0.2) is 6.29 Å². The number of hydrogen-bond donors (Lipinski definition) is 2. The first-order valence-electron chi connectivity index (χ1n) is 5.44. The topological polar surface area (TPSA) is 119 Å². The van der Waals surface area contributed by atoms with E-state index in [1.54, 1.807) is 6.92 Å². The molecule has 8 nitrogen and oxygen atoms in total. The van der Waals surface area contributed by atoms with Crippen LogP contribution in [0.5, 0.6) is 0 Å². The number of aliphatic hydroxyl groups excluding tert-OH is 1. The van der Waals surface area contributed by atoms with Crippen LogP contribution < -0.4 is 0 Å². The van der Waals surface area contributed by atoms with Crippen molar-refractivity contribution in [3.8, 4) is 0 Å². The van der Waals surface area contributed by atoms with Crippen molar-refractivity contribution in [2.45, 2.75) is 38.2 Å². The molecule has 8 heteroatoms. The summed E-state index contributed by atoms with van der Waals surface area (Å²) in [5, 5.41) is 21.8. The highest BCUT2D eigenvalue weighted by Gasteiger charge is 2.30. The lowest BCUT2D eigenvalue weighted by Gasteiger charge is -2.33. The Bertz CT molecular complexity index is 318. The van der Waals surface area contributed by atoms with Gasteiger partial charge in [0.1, 0.15) is 0 Å². The standard InChI is InChI=1S/C9H16N4O4/c1-2-13(9(15)16)5-6-3-4-7(11-12-10)8(14)17-6/h6-8,14H,2-5H2,1H3,(H,15,16)/t6-,7+,8?/m0/s1. The molecule has 0 spiro atoms. The van der Waals surface area contributed by atoms with Gasteiger partial charge in [-0.1, -0.05) is 5.11 Å². The number of carboxylic acid groups (broad SMARTS) is 1. The van der Waals surface area contributed by atoms with Crippen LogP contribution >= 0.6 is 0 Å². The highest BCUT2D eigenvalue weighted by molar-refractivity contribution is 5.64. The molecule has 1 aliphatic heterocycles. The van der Waals surface area contributed by atoms with Crippen LogP contribution in [0.3, 0.4) is 0 Å². The van der Waals surface area contributed by atoms with Crippen molar-refractivity contribution < 1.29 is 19.7 Å². The summed E-state index contributed by atoms with van der Waals surface area (Å²) in [5.41, 5.74) is 8.26. The number of likely N-dealkylation sites (N-methyl/N-ethyl adjacent to an activating group) is 1. The third kappa shape index (κ3) is 3.77. The molecule has 1 amide bonds. The second-order valence-corrected chi connectivity index (χ2v) is 3.82. The second-order valence-electron chi connectivity index (χ2n) is 3.82. The first-order valence-corrected chi connectivity index (χ1v) is 5.44. The summed E-state index contributed by atoms with van der Waals surface area (Å²) in [6.45, 7) is 2.31. The Morgan fingerprint density at radius 1 is 1.65 bits per heavy atom. The van der Waals surface area contributed by atoms with Crippen LogP contribution in [0.1, 0.15) is 19.8 Å². The van der Waals surface area contributed by atoms with Crippen molar-refractivity contribution in [2.24, 2.45) is 5.11 Å². The number of hydrogen-bond acceptors (Lipinski definition) is 4. The Balaban J connectivity index is 2.49. The van der Waals surface area contributed by atoms with Crippen molar-refractivity contribution in [1.82, 2.24) is 4.90 Å². The number of aliphatic hydroxyl groups is 1. The zero-order valence-corrected chi connectivity index (χ0v) is 9.56. The first-order chi connectivity index (χ1) is 8.08. The predicted octanol–water partition coefficient (Wildman–Crippen LogP) is 1.16. The summed E-state index contributed by atoms with van der Waals surface area (Å²) >= 11 is 0. The van der Waals surface area contributed by atoms with Gasteiger partial charge in [-0.3, -0.25) is 0 Å². The molecule has 3 atom stereocenters. The highest BCUT2D eigenvalue weighted by atomic mass is 16.6. The molecule has 0 radical (unpaired) electrons. The van der Waals surface area contributed by atoms with Gasteiger partial charge >= 0.3 is 6.09 Å². The summed E-state index contributed by atoms with van der Waals surface area (Å²) in [7, 11) is 0. The molecule has 0 bridgehead atoms. The van der Waals surface area contributed by atoms with Crippen LogP contribution in [0.25, 0.3) is 10.4 Å². The molecule has 0 aromatic rings. The quantitative estimate of drug-likeness (QED) is 0.438. The van der Waals surface area contributed by atoms with Gasteiger partial charge in [-0.25, -0.2) is 4.79 Å². The number of rotatable bonds is 4. The van der Waals surface area contributed by atoms with Crippen molar-refractivity contribution in [1.29, 1.82) is 0 Å². The maximum absolute atomic E-state index is 10.8. The van der Waals surface area contributed by atoms with E-state index in [9.17, 15) is 9.90 Å². The molecule has 1 unspecified atom stereocenters. The summed E-state index contributed by atoms with van der Waals surface area (Å²) in [5.74, 6) is 0. The fraction of sp³-hybridized carbons (Fsp3) is 0.889. The van der Waals surface area contributed by atoms with E-state index in [0.29, 0.717) is 19.4 Å². The SMILES string of the molecule is CCN(C[C@@H]1CC[C@@H](N=[N+]=[N-])C(O)O1)C(=O)O. The Kier molecular flexibility index (Phi) is 5.02. The van der Waals surface area contributed by atoms with Crippen molar-refractivity contribution in [3.05, 3.63) is 10.4 Å². The Labute approximate surface area is 98.4 Å². The van der Waals surface area contributed by atoms with E-state index in [1.165, 1.54) is 4.90 Å². The van der Waals surface area contributed by atoms with Crippen LogP contribution in [0, 0.1) is 0 Å². The van der Waals surface area contributed by atoms with Gasteiger partial charge in [0.2, 0.25) is 0 Å². The number of ether oxygens (including phenoxy) is 1. The number of nitrogens with zero attached hydrogens (tertiary/aromatic N) is 4. The molecule has 2 N–H and O–H groups in total. The van der Waals surface area contributed by atoms with Gasteiger partial charge in [-0.2, -0.15) is 0 Å². The van der Waals surface area contributed by atoms with Gasteiger partial charge < -0.3 is 19.8 Å². The van der Waals surface area contributed by atoms with E-state index < -0.39 is 18.4 Å².